The molecule has 2 atom stereocenters. The number of urea groups is 1. The van der Waals surface area contributed by atoms with Crippen molar-refractivity contribution < 1.29 is 9.53 Å². The van der Waals surface area contributed by atoms with Crippen LogP contribution in [-0.2, 0) is 4.74 Å². The van der Waals surface area contributed by atoms with Gasteiger partial charge in [-0.05, 0) is 52.0 Å². The van der Waals surface area contributed by atoms with Crippen LogP contribution in [0.5, 0.6) is 0 Å². The lowest BCUT2D eigenvalue weighted by Gasteiger charge is -2.47. The van der Waals surface area contributed by atoms with E-state index in [4.69, 9.17) is 4.74 Å². The number of amides is 2. The van der Waals surface area contributed by atoms with Crippen LogP contribution >= 0.6 is 0 Å². The maximum absolute atomic E-state index is 12.1. The molecular formula is C18H33N3O2. The van der Waals surface area contributed by atoms with Crippen LogP contribution in [0.2, 0.25) is 0 Å². The first kappa shape index (κ1) is 17.0. The second kappa shape index (κ2) is 8.34. The topological polar surface area (TPSA) is 53.6 Å². The fourth-order valence-electron chi connectivity index (χ4n) is 4.55. The van der Waals surface area contributed by atoms with E-state index in [-0.39, 0.29) is 6.03 Å². The molecular weight excluding hydrogens is 290 g/mol. The van der Waals surface area contributed by atoms with Crippen molar-refractivity contribution in [3.05, 3.63) is 0 Å². The third-order valence-corrected chi connectivity index (χ3v) is 5.94. The Balaban J connectivity index is 1.27. The maximum atomic E-state index is 12.1. The molecule has 0 aromatic carbocycles. The van der Waals surface area contributed by atoms with Crippen LogP contribution in [0.4, 0.5) is 4.79 Å². The van der Waals surface area contributed by atoms with E-state index in [1.165, 1.54) is 44.9 Å². The first-order chi connectivity index (χ1) is 11.2. The number of fused-ring (bicyclic) bond motifs is 2. The molecule has 0 unspecified atom stereocenters. The molecule has 2 bridgehead atoms. The fraction of sp³-hybridized carbons (Fsp3) is 0.944. The Morgan fingerprint density at radius 3 is 2.48 bits per heavy atom. The van der Waals surface area contributed by atoms with Crippen molar-refractivity contribution in [2.45, 2.75) is 88.4 Å². The first-order valence-electron chi connectivity index (χ1n) is 9.60. The summed E-state index contributed by atoms with van der Waals surface area (Å²) in [5.74, 6) is 0. The molecule has 1 saturated carbocycles. The maximum Gasteiger partial charge on any atom is 0.315 e. The zero-order chi connectivity index (χ0) is 16.1. The molecule has 3 rings (SSSR count). The number of ether oxygens (including phenoxy) is 1. The summed E-state index contributed by atoms with van der Waals surface area (Å²) in [4.78, 5) is 14.6. The number of carbonyl (C=O) groups excluding carboxylic acids is 1. The molecule has 1 aliphatic carbocycles. The molecule has 132 valence electrons. The zero-order valence-corrected chi connectivity index (χ0v) is 14.6. The number of hydrogen-bond acceptors (Lipinski definition) is 3. The summed E-state index contributed by atoms with van der Waals surface area (Å²) in [6.07, 6.45) is 12.5. The molecule has 2 N–H and O–H groups in total. The van der Waals surface area contributed by atoms with E-state index in [0.717, 1.165) is 25.9 Å². The van der Waals surface area contributed by atoms with E-state index in [9.17, 15) is 4.79 Å². The van der Waals surface area contributed by atoms with Crippen LogP contribution < -0.4 is 10.6 Å². The largest absolute Gasteiger partial charge is 0.378 e. The average molecular weight is 323 g/mol. The van der Waals surface area contributed by atoms with Crippen LogP contribution in [0.1, 0.15) is 64.2 Å². The Morgan fingerprint density at radius 2 is 1.78 bits per heavy atom. The van der Waals surface area contributed by atoms with E-state index in [0.29, 0.717) is 30.8 Å². The molecule has 3 aliphatic rings. The van der Waals surface area contributed by atoms with Gasteiger partial charge in [0.25, 0.3) is 0 Å². The van der Waals surface area contributed by atoms with E-state index >= 15 is 0 Å². The van der Waals surface area contributed by atoms with Gasteiger partial charge in [-0.2, -0.15) is 0 Å². The Hall–Kier alpha value is -0.810. The monoisotopic (exact) mass is 323 g/mol. The number of nitrogens with zero attached hydrogens (tertiary/aromatic N) is 1. The second-order valence-electron chi connectivity index (χ2n) is 7.60. The highest BCUT2D eigenvalue weighted by Crippen LogP contribution is 2.32. The summed E-state index contributed by atoms with van der Waals surface area (Å²) in [7, 11) is 2.25. The van der Waals surface area contributed by atoms with Crippen LogP contribution in [-0.4, -0.2) is 55.4 Å². The van der Waals surface area contributed by atoms with Crippen molar-refractivity contribution in [3.63, 3.8) is 0 Å². The Labute approximate surface area is 140 Å². The zero-order valence-electron chi connectivity index (χ0n) is 14.6. The predicted molar refractivity (Wildman–Crippen MR) is 91.6 cm³/mol. The minimum atomic E-state index is -0.00140. The molecule has 0 aromatic heterocycles. The standard InChI is InChI=1S/C18H33N3O2/c1-21-15-6-4-7-16(21)13-14(12-15)20-18(22)19-10-5-11-23-17-8-2-3-9-17/h14-17H,2-13H2,1H3,(H2,19,20,22)/t15-,16-/m0/s1. The Kier molecular flexibility index (Phi) is 6.17. The normalized spacial score (nSPS) is 32.0. The SMILES string of the molecule is CN1[C@H]2CCC[C@H]1CC(NC(=O)NCCCOC1CCCC1)C2. The summed E-state index contributed by atoms with van der Waals surface area (Å²) in [5, 5.41) is 6.17. The summed E-state index contributed by atoms with van der Waals surface area (Å²) in [5.41, 5.74) is 0. The molecule has 0 spiro atoms. The predicted octanol–water partition coefficient (Wildman–Crippen LogP) is 2.65. The number of nitrogens with one attached hydrogen (secondary N) is 2. The highest BCUT2D eigenvalue weighted by Gasteiger charge is 2.36. The van der Waals surface area contributed by atoms with Gasteiger partial charge in [-0.15, -0.1) is 0 Å². The summed E-state index contributed by atoms with van der Waals surface area (Å²) in [6, 6.07) is 1.66. The van der Waals surface area contributed by atoms with Crippen molar-refractivity contribution in [2.75, 3.05) is 20.2 Å². The van der Waals surface area contributed by atoms with Gasteiger partial charge in [-0.3, -0.25) is 0 Å². The highest BCUT2D eigenvalue weighted by molar-refractivity contribution is 5.74. The van der Waals surface area contributed by atoms with E-state index in [1.54, 1.807) is 0 Å². The Bertz CT molecular complexity index is 370. The lowest BCUT2D eigenvalue weighted by atomic mass is 9.82. The number of rotatable bonds is 6. The molecule has 2 heterocycles. The van der Waals surface area contributed by atoms with Gasteiger partial charge in [0.2, 0.25) is 0 Å². The minimum Gasteiger partial charge on any atom is -0.378 e. The number of piperidine rings is 2. The smallest absolute Gasteiger partial charge is 0.315 e. The lowest BCUT2D eigenvalue weighted by Crippen LogP contribution is -2.56. The van der Waals surface area contributed by atoms with E-state index in [1.807, 2.05) is 0 Å². The molecule has 23 heavy (non-hydrogen) atoms. The van der Waals surface area contributed by atoms with Gasteiger partial charge in [0.1, 0.15) is 0 Å². The van der Waals surface area contributed by atoms with Crippen molar-refractivity contribution >= 4 is 6.03 Å². The molecule has 2 saturated heterocycles. The van der Waals surface area contributed by atoms with Gasteiger partial charge in [0, 0.05) is 31.3 Å². The minimum absolute atomic E-state index is 0.00140. The molecule has 2 aliphatic heterocycles. The quantitative estimate of drug-likeness (QED) is 0.739. The molecule has 5 nitrogen and oxygen atoms in total. The third kappa shape index (κ3) is 4.83. The molecule has 0 aromatic rings. The van der Waals surface area contributed by atoms with E-state index < -0.39 is 0 Å². The third-order valence-electron chi connectivity index (χ3n) is 5.94. The summed E-state index contributed by atoms with van der Waals surface area (Å²) in [6.45, 7) is 1.47. The molecule has 3 fully saturated rings. The van der Waals surface area contributed by atoms with E-state index in [2.05, 4.69) is 22.6 Å². The van der Waals surface area contributed by atoms with Crippen molar-refractivity contribution in [2.24, 2.45) is 0 Å². The van der Waals surface area contributed by atoms with Gasteiger partial charge in [-0.1, -0.05) is 19.3 Å². The van der Waals surface area contributed by atoms with Crippen LogP contribution in [0.3, 0.4) is 0 Å². The molecule has 5 heteroatoms. The first-order valence-corrected chi connectivity index (χ1v) is 9.60. The molecule has 2 amide bonds. The summed E-state index contributed by atoms with van der Waals surface area (Å²) < 4.78 is 5.82. The van der Waals surface area contributed by atoms with Gasteiger partial charge in [0.05, 0.1) is 6.10 Å². The van der Waals surface area contributed by atoms with Gasteiger partial charge >= 0.3 is 6.03 Å². The Morgan fingerprint density at radius 1 is 1.09 bits per heavy atom. The average Bonchev–Trinajstić information content (AvgIpc) is 3.01. The van der Waals surface area contributed by atoms with Crippen molar-refractivity contribution in [1.82, 2.24) is 15.5 Å². The highest BCUT2D eigenvalue weighted by atomic mass is 16.5. The number of hydrogen-bond donors (Lipinski definition) is 2. The van der Waals surface area contributed by atoms with Gasteiger partial charge in [-0.25, -0.2) is 4.79 Å². The summed E-state index contributed by atoms with van der Waals surface area (Å²) >= 11 is 0. The van der Waals surface area contributed by atoms with Crippen LogP contribution in [0.25, 0.3) is 0 Å². The van der Waals surface area contributed by atoms with Crippen LogP contribution in [0.15, 0.2) is 0 Å². The second-order valence-corrected chi connectivity index (χ2v) is 7.60. The van der Waals surface area contributed by atoms with Gasteiger partial charge < -0.3 is 20.3 Å². The van der Waals surface area contributed by atoms with Gasteiger partial charge in [0.15, 0.2) is 0 Å². The van der Waals surface area contributed by atoms with Crippen molar-refractivity contribution in [1.29, 1.82) is 0 Å². The number of carbonyl (C=O) groups is 1. The van der Waals surface area contributed by atoms with Crippen molar-refractivity contribution in [3.8, 4) is 0 Å². The lowest BCUT2D eigenvalue weighted by molar-refractivity contribution is 0.0505. The molecule has 0 radical (unpaired) electrons. The fourth-order valence-corrected chi connectivity index (χ4v) is 4.55. The van der Waals surface area contributed by atoms with Crippen LogP contribution in [0, 0.1) is 0 Å².